The van der Waals surface area contributed by atoms with Crippen LogP contribution >= 0.6 is 11.6 Å². The van der Waals surface area contributed by atoms with Crippen molar-refractivity contribution in [1.82, 2.24) is 15.2 Å². The Morgan fingerprint density at radius 1 is 1.15 bits per heavy atom. The van der Waals surface area contributed by atoms with E-state index in [0.29, 0.717) is 34.0 Å². The van der Waals surface area contributed by atoms with Crippen LogP contribution in [0.2, 0.25) is 5.02 Å². The van der Waals surface area contributed by atoms with E-state index in [1.54, 1.807) is 0 Å². The van der Waals surface area contributed by atoms with E-state index < -0.39 is 0 Å². The Morgan fingerprint density at radius 3 is 2.51 bits per heavy atom. The quantitative estimate of drug-likeness (QED) is 0.441. The number of hydrogen-bond donors (Lipinski definition) is 2. The molecule has 0 spiro atoms. The molecule has 4 atom stereocenters. The highest BCUT2D eigenvalue weighted by Gasteiger charge is 2.41. The molecule has 9 heteroatoms. The third kappa shape index (κ3) is 6.99. The first-order valence-electron chi connectivity index (χ1n) is 15.2. The SMILES string of the molecule is CCN(c1cc(C2CC2CN2C[C@@H](C)O[C@@H](C)C2)cc(C(=O)NCc2c(C)cc(C)[nH]c2=O)c1Cl)C1CCOCC1. The molecule has 2 aromatic rings. The Kier molecular flexibility index (Phi) is 9.43. The second-order valence-corrected chi connectivity index (χ2v) is 12.6. The Labute approximate surface area is 248 Å². The summed E-state index contributed by atoms with van der Waals surface area (Å²) in [4.78, 5) is 33.9. The van der Waals surface area contributed by atoms with E-state index in [4.69, 9.17) is 21.1 Å². The van der Waals surface area contributed by atoms with Crippen molar-refractivity contribution in [2.75, 3.05) is 44.3 Å². The van der Waals surface area contributed by atoms with Crippen molar-refractivity contribution in [3.63, 3.8) is 0 Å². The van der Waals surface area contributed by atoms with Crippen LogP contribution in [0, 0.1) is 19.8 Å². The van der Waals surface area contributed by atoms with Gasteiger partial charge in [0.05, 0.1) is 28.5 Å². The van der Waals surface area contributed by atoms with Crippen molar-refractivity contribution in [3.8, 4) is 0 Å². The van der Waals surface area contributed by atoms with Gasteiger partial charge in [-0.25, -0.2) is 0 Å². The molecule has 3 fully saturated rings. The zero-order valence-corrected chi connectivity index (χ0v) is 25.9. The molecule has 1 aliphatic carbocycles. The number of nitrogens with zero attached hydrogens (tertiary/aromatic N) is 2. The number of morpholine rings is 1. The van der Waals surface area contributed by atoms with Crippen molar-refractivity contribution in [1.29, 1.82) is 0 Å². The number of carbonyl (C=O) groups is 1. The number of pyridine rings is 1. The summed E-state index contributed by atoms with van der Waals surface area (Å²) in [6, 6.07) is 6.45. The maximum absolute atomic E-state index is 13.7. The van der Waals surface area contributed by atoms with E-state index >= 15 is 0 Å². The molecule has 224 valence electrons. The smallest absolute Gasteiger partial charge is 0.253 e. The molecular formula is C32H45ClN4O4. The topological polar surface area (TPSA) is 86.9 Å². The van der Waals surface area contributed by atoms with E-state index in [9.17, 15) is 9.59 Å². The largest absolute Gasteiger partial charge is 0.381 e. The molecule has 0 bridgehead atoms. The number of aromatic amines is 1. The van der Waals surface area contributed by atoms with Crippen LogP contribution in [-0.4, -0.2) is 73.4 Å². The molecule has 1 aromatic carbocycles. The highest BCUT2D eigenvalue weighted by atomic mass is 35.5. The summed E-state index contributed by atoms with van der Waals surface area (Å²) in [6.45, 7) is 15.5. The van der Waals surface area contributed by atoms with Gasteiger partial charge < -0.3 is 24.7 Å². The second kappa shape index (κ2) is 12.9. The maximum atomic E-state index is 13.7. The van der Waals surface area contributed by atoms with E-state index in [0.717, 1.165) is 75.6 Å². The Balaban J connectivity index is 1.41. The van der Waals surface area contributed by atoms with Gasteiger partial charge in [-0.2, -0.15) is 0 Å². The fraction of sp³-hybridized carbons (Fsp3) is 0.625. The van der Waals surface area contributed by atoms with Crippen LogP contribution in [0.4, 0.5) is 5.69 Å². The lowest BCUT2D eigenvalue weighted by Crippen LogP contribution is -2.46. The highest BCUT2D eigenvalue weighted by molar-refractivity contribution is 6.36. The third-order valence-corrected chi connectivity index (χ3v) is 9.26. The summed E-state index contributed by atoms with van der Waals surface area (Å²) in [5.74, 6) is 0.680. The molecule has 3 aliphatic rings. The fourth-order valence-electron chi connectivity index (χ4n) is 6.83. The summed E-state index contributed by atoms with van der Waals surface area (Å²) < 4.78 is 11.6. The first kappa shape index (κ1) is 30.1. The van der Waals surface area contributed by atoms with Gasteiger partial charge in [0.15, 0.2) is 0 Å². The molecule has 2 N–H and O–H groups in total. The van der Waals surface area contributed by atoms with E-state index in [1.165, 1.54) is 5.56 Å². The fourth-order valence-corrected chi connectivity index (χ4v) is 7.13. The zero-order chi connectivity index (χ0) is 29.3. The molecule has 5 rings (SSSR count). The summed E-state index contributed by atoms with van der Waals surface area (Å²) in [6.07, 6.45) is 3.46. The third-order valence-electron chi connectivity index (χ3n) is 8.86. The Hall–Kier alpha value is -2.39. The molecule has 41 heavy (non-hydrogen) atoms. The number of aromatic nitrogens is 1. The molecule has 0 radical (unpaired) electrons. The van der Waals surface area contributed by atoms with Gasteiger partial charge in [-0.15, -0.1) is 0 Å². The minimum Gasteiger partial charge on any atom is -0.381 e. The average molecular weight is 585 g/mol. The minimum absolute atomic E-state index is 0.146. The number of hydrogen-bond acceptors (Lipinski definition) is 6. The summed E-state index contributed by atoms with van der Waals surface area (Å²) >= 11 is 7.06. The second-order valence-electron chi connectivity index (χ2n) is 12.2. The molecule has 8 nitrogen and oxygen atoms in total. The van der Waals surface area contributed by atoms with Gasteiger partial charge >= 0.3 is 0 Å². The number of nitrogens with one attached hydrogen (secondary N) is 2. The van der Waals surface area contributed by atoms with Crippen molar-refractivity contribution < 1.29 is 14.3 Å². The predicted octanol–water partition coefficient (Wildman–Crippen LogP) is 4.79. The maximum Gasteiger partial charge on any atom is 0.253 e. The molecule has 2 aliphatic heterocycles. The molecule has 1 amide bonds. The lowest BCUT2D eigenvalue weighted by atomic mass is 10.00. The number of aryl methyl sites for hydroxylation is 2. The molecule has 2 unspecified atom stereocenters. The van der Waals surface area contributed by atoms with E-state index in [1.807, 2.05) is 26.0 Å². The molecule has 2 saturated heterocycles. The van der Waals surface area contributed by atoms with Crippen LogP contribution in [0.1, 0.15) is 78.7 Å². The number of H-pyrrole nitrogens is 1. The van der Waals surface area contributed by atoms with Gasteiger partial charge in [-0.1, -0.05) is 11.6 Å². The number of benzene rings is 1. The molecule has 3 heterocycles. The normalized spacial score (nSPS) is 25.2. The van der Waals surface area contributed by atoms with Crippen LogP contribution in [-0.2, 0) is 16.0 Å². The van der Waals surface area contributed by atoms with Crippen LogP contribution in [0.25, 0.3) is 0 Å². The Morgan fingerprint density at radius 2 is 1.85 bits per heavy atom. The summed E-state index contributed by atoms with van der Waals surface area (Å²) in [7, 11) is 0. The first-order chi connectivity index (χ1) is 19.6. The van der Waals surface area contributed by atoms with Crippen molar-refractivity contribution >= 4 is 23.2 Å². The van der Waals surface area contributed by atoms with E-state index in [-0.39, 0.29) is 30.2 Å². The van der Waals surface area contributed by atoms with Crippen LogP contribution < -0.4 is 15.8 Å². The van der Waals surface area contributed by atoms with Gasteiger partial charge in [-0.05, 0) is 95.0 Å². The highest BCUT2D eigenvalue weighted by Crippen LogP contribution is 2.50. The number of ether oxygens (including phenoxy) is 2. The monoisotopic (exact) mass is 584 g/mol. The van der Waals surface area contributed by atoms with Gasteiger partial charge in [-0.3, -0.25) is 14.5 Å². The lowest BCUT2D eigenvalue weighted by molar-refractivity contribution is -0.0690. The molecular weight excluding hydrogens is 540 g/mol. The molecule has 1 saturated carbocycles. The van der Waals surface area contributed by atoms with Crippen molar-refractivity contribution in [2.45, 2.75) is 84.6 Å². The standard InChI is InChI=1S/C32H45ClN4O4/c1-6-37(25-7-9-40-10-8-25)29-14-23(26-13-24(26)18-36-16-21(4)41-22(5)17-36)12-27(30(29)33)31(38)34-15-28-19(2)11-20(3)35-32(28)39/h11-12,14,21-22,24-26H,6-10,13,15-18H2,1-5H3,(H,34,38)(H,35,39)/t21-,22+,24?,26?. The van der Waals surface area contributed by atoms with Gasteiger partial charge in [0.1, 0.15) is 0 Å². The van der Waals surface area contributed by atoms with Crippen LogP contribution in [0.3, 0.4) is 0 Å². The number of anilines is 1. The lowest BCUT2D eigenvalue weighted by Gasteiger charge is -2.36. The van der Waals surface area contributed by atoms with Crippen LogP contribution in [0.5, 0.6) is 0 Å². The number of carbonyl (C=O) groups excluding carboxylic acids is 1. The number of rotatable bonds is 9. The number of halogens is 1. The number of amides is 1. The minimum atomic E-state index is -0.256. The van der Waals surface area contributed by atoms with Crippen LogP contribution in [0.15, 0.2) is 23.0 Å². The zero-order valence-electron chi connectivity index (χ0n) is 25.1. The summed E-state index contributed by atoms with van der Waals surface area (Å²) in [5, 5.41) is 3.46. The molecule has 1 aromatic heterocycles. The average Bonchev–Trinajstić information content (AvgIpc) is 3.68. The summed E-state index contributed by atoms with van der Waals surface area (Å²) in [5.41, 5.74) is 4.62. The first-order valence-corrected chi connectivity index (χ1v) is 15.6. The van der Waals surface area contributed by atoms with Gasteiger partial charge in [0.25, 0.3) is 11.5 Å². The Bertz CT molecular complexity index is 1300. The van der Waals surface area contributed by atoms with Crippen molar-refractivity contribution in [2.24, 2.45) is 5.92 Å². The van der Waals surface area contributed by atoms with Gasteiger partial charge in [0.2, 0.25) is 0 Å². The van der Waals surface area contributed by atoms with Crippen molar-refractivity contribution in [3.05, 3.63) is 61.5 Å². The van der Waals surface area contributed by atoms with E-state index in [2.05, 4.69) is 46.9 Å². The predicted molar refractivity (Wildman–Crippen MR) is 163 cm³/mol. The van der Waals surface area contributed by atoms with Gasteiger partial charge in [0, 0.05) is 63.2 Å².